The van der Waals surface area contributed by atoms with Crippen molar-refractivity contribution in [1.82, 2.24) is 10.3 Å². The van der Waals surface area contributed by atoms with Crippen LogP contribution in [0.2, 0.25) is 0 Å². The Labute approximate surface area is 125 Å². The van der Waals surface area contributed by atoms with Crippen molar-refractivity contribution in [1.29, 1.82) is 0 Å². The second kappa shape index (κ2) is 6.06. The van der Waals surface area contributed by atoms with Crippen LogP contribution < -0.4 is 5.32 Å². The smallest absolute Gasteiger partial charge is 0.0379 e. The Kier molecular flexibility index (Phi) is 3.98. The Morgan fingerprint density at radius 3 is 2.52 bits per heavy atom. The molecule has 0 fully saturated rings. The van der Waals surface area contributed by atoms with Crippen LogP contribution in [0.15, 0.2) is 60.9 Å². The summed E-state index contributed by atoms with van der Waals surface area (Å²) in [6, 6.07) is 17.5. The first-order valence-electron chi connectivity index (χ1n) is 7.33. The van der Waals surface area contributed by atoms with Crippen molar-refractivity contribution < 1.29 is 0 Å². The molecule has 0 aliphatic rings. The van der Waals surface area contributed by atoms with Gasteiger partial charge in [-0.25, -0.2) is 0 Å². The van der Waals surface area contributed by atoms with Crippen molar-refractivity contribution in [2.45, 2.75) is 19.4 Å². The number of aromatic nitrogens is 1. The third kappa shape index (κ3) is 2.96. The van der Waals surface area contributed by atoms with Crippen LogP contribution in [-0.2, 0) is 6.42 Å². The molecule has 0 aliphatic heterocycles. The number of likely N-dealkylation sites (N-methyl/N-ethyl adjacent to an activating group) is 1. The fourth-order valence-corrected chi connectivity index (χ4v) is 2.74. The first-order chi connectivity index (χ1) is 10.3. The summed E-state index contributed by atoms with van der Waals surface area (Å²) in [6.45, 7) is 2.12. The minimum Gasteiger partial charge on any atom is -0.313 e. The Hall–Kier alpha value is -2.19. The highest BCUT2D eigenvalue weighted by molar-refractivity contribution is 5.85. The van der Waals surface area contributed by atoms with Crippen molar-refractivity contribution >= 4 is 10.8 Å². The average Bonchev–Trinajstić information content (AvgIpc) is 2.54. The van der Waals surface area contributed by atoms with E-state index < -0.39 is 0 Å². The van der Waals surface area contributed by atoms with Gasteiger partial charge in [0, 0.05) is 23.8 Å². The van der Waals surface area contributed by atoms with Gasteiger partial charge in [0.25, 0.3) is 0 Å². The highest BCUT2D eigenvalue weighted by atomic mass is 14.9. The Morgan fingerprint density at radius 1 is 1.00 bits per heavy atom. The topological polar surface area (TPSA) is 24.9 Å². The molecule has 106 valence electrons. The van der Waals surface area contributed by atoms with Crippen LogP contribution in [0, 0.1) is 6.92 Å². The van der Waals surface area contributed by atoms with E-state index in [0.717, 1.165) is 6.42 Å². The standard InChI is InChI=1S/C19H20N2/c1-14-7-9-15(10-8-14)11-19(20-2)18-13-21-12-16-5-3-4-6-17(16)18/h3-10,12-13,19-20H,11H2,1-2H3. The number of hydrogen-bond donors (Lipinski definition) is 1. The fraction of sp³-hybridized carbons (Fsp3) is 0.211. The second-order valence-electron chi connectivity index (χ2n) is 5.48. The molecular formula is C19H20N2. The normalized spacial score (nSPS) is 12.5. The van der Waals surface area contributed by atoms with Crippen LogP contribution in [0.5, 0.6) is 0 Å². The van der Waals surface area contributed by atoms with Crippen LogP contribution in [0.25, 0.3) is 10.8 Å². The van der Waals surface area contributed by atoms with E-state index in [4.69, 9.17) is 0 Å². The number of fused-ring (bicyclic) bond motifs is 1. The third-order valence-corrected chi connectivity index (χ3v) is 3.98. The maximum absolute atomic E-state index is 4.40. The SMILES string of the molecule is CNC(Cc1ccc(C)cc1)c1cncc2ccccc12. The van der Waals surface area contributed by atoms with Crippen molar-refractivity contribution in [3.05, 3.63) is 77.6 Å². The van der Waals surface area contributed by atoms with Crippen molar-refractivity contribution in [2.75, 3.05) is 7.05 Å². The minimum absolute atomic E-state index is 0.270. The van der Waals surface area contributed by atoms with Crippen LogP contribution in [0.1, 0.15) is 22.7 Å². The van der Waals surface area contributed by atoms with E-state index in [-0.39, 0.29) is 6.04 Å². The molecule has 1 N–H and O–H groups in total. The molecule has 0 radical (unpaired) electrons. The molecule has 0 aliphatic carbocycles. The molecule has 0 spiro atoms. The van der Waals surface area contributed by atoms with E-state index in [0.29, 0.717) is 0 Å². The molecule has 2 aromatic carbocycles. The third-order valence-electron chi connectivity index (χ3n) is 3.98. The quantitative estimate of drug-likeness (QED) is 0.777. The lowest BCUT2D eigenvalue weighted by atomic mass is 9.96. The molecule has 1 heterocycles. The molecule has 2 nitrogen and oxygen atoms in total. The molecule has 1 atom stereocenters. The van der Waals surface area contributed by atoms with Gasteiger partial charge in [-0.15, -0.1) is 0 Å². The van der Waals surface area contributed by atoms with Crippen molar-refractivity contribution in [3.8, 4) is 0 Å². The van der Waals surface area contributed by atoms with Gasteiger partial charge in [0.15, 0.2) is 0 Å². The fourth-order valence-electron chi connectivity index (χ4n) is 2.74. The predicted octanol–water partition coefficient (Wildman–Crippen LogP) is 4.05. The van der Waals surface area contributed by atoms with Crippen LogP contribution in [0.3, 0.4) is 0 Å². The van der Waals surface area contributed by atoms with E-state index >= 15 is 0 Å². The molecule has 21 heavy (non-hydrogen) atoms. The van der Waals surface area contributed by atoms with Crippen LogP contribution in [0.4, 0.5) is 0 Å². The largest absolute Gasteiger partial charge is 0.313 e. The lowest BCUT2D eigenvalue weighted by Crippen LogP contribution is -2.19. The molecule has 0 saturated carbocycles. The number of aryl methyl sites for hydroxylation is 1. The summed E-state index contributed by atoms with van der Waals surface area (Å²) in [5.41, 5.74) is 3.90. The summed E-state index contributed by atoms with van der Waals surface area (Å²) >= 11 is 0. The van der Waals surface area contributed by atoms with Gasteiger partial charge in [0.2, 0.25) is 0 Å². The predicted molar refractivity (Wildman–Crippen MR) is 88.4 cm³/mol. The second-order valence-corrected chi connectivity index (χ2v) is 5.48. The van der Waals surface area contributed by atoms with Crippen molar-refractivity contribution in [3.63, 3.8) is 0 Å². The molecular weight excluding hydrogens is 256 g/mol. The molecule has 0 bridgehead atoms. The zero-order chi connectivity index (χ0) is 14.7. The van der Waals surface area contributed by atoms with Gasteiger partial charge in [0.05, 0.1) is 0 Å². The first-order valence-corrected chi connectivity index (χ1v) is 7.33. The number of benzene rings is 2. The molecule has 3 rings (SSSR count). The number of pyridine rings is 1. The Bertz CT molecular complexity index is 727. The maximum atomic E-state index is 4.40. The zero-order valence-electron chi connectivity index (χ0n) is 12.5. The average molecular weight is 276 g/mol. The van der Waals surface area contributed by atoms with Gasteiger partial charge in [0.1, 0.15) is 0 Å². The zero-order valence-corrected chi connectivity index (χ0v) is 12.5. The van der Waals surface area contributed by atoms with Gasteiger partial charge in [-0.05, 0) is 36.9 Å². The molecule has 3 aromatic rings. The molecule has 0 saturated heterocycles. The van der Waals surface area contributed by atoms with Gasteiger partial charge < -0.3 is 5.32 Å². The van der Waals surface area contributed by atoms with E-state index in [1.54, 1.807) is 0 Å². The number of nitrogens with zero attached hydrogens (tertiary/aromatic N) is 1. The lowest BCUT2D eigenvalue weighted by Gasteiger charge is -2.18. The van der Waals surface area contributed by atoms with E-state index in [2.05, 4.69) is 65.8 Å². The molecule has 0 amide bonds. The number of nitrogens with one attached hydrogen (secondary N) is 1. The lowest BCUT2D eigenvalue weighted by molar-refractivity contribution is 0.594. The Morgan fingerprint density at radius 2 is 1.76 bits per heavy atom. The number of hydrogen-bond acceptors (Lipinski definition) is 2. The van der Waals surface area contributed by atoms with E-state index in [9.17, 15) is 0 Å². The van der Waals surface area contributed by atoms with Gasteiger partial charge in [-0.1, -0.05) is 54.1 Å². The molecule has 2 heteroatoms. The molecule has 1 unspecified atom stereocenters. The van der Waals surface area contributed by atoms with Crippen LogP contribution in [-0.4, -0.2) is 12.0 Å². The summed E-state index contributed by atoms with van der Waals surface area (Å²) in [4.78, 5) is 4.40. The first kappa shape index (κ1) is 13.8. The van der Waals surface area contributed by atoms with E-state index in [1.165, 1.54) is 27.5 Å². The van der Waals surface area contributed by atoms with Crippen LogP contribution >= 0.6 is 0 Å². The summed E-state index contributed by atoms with van der Waals surface area (Å²) in [7, 11) is 2.01. The maximum Gasteiger partial charge on any atom is 0.0379 e. The summed E-state index contributed by atoms with van der Waals surface area (Å²) in [5.74, 6) is 0. The number of rotatable bonds is 4. The summed E-state index contributed by atoms with van der Waals surface area (Å²) in [5, 5.41) is 5.90. The monoisotopic (exact) mass is 276 g/mol. The highest BCUT2D eigenvalue weighted by Crippen LogP contribution is 2.25. The van der Waals surface area contributed by atoms with Crippen molar-refractivity contribution in [2.24, 2.45) is 0 Å². The minimum atomic E-state index is 0.270. The highest BCUT2D eigenvalue weighted by Gasteiger charge is 2.13. The summed E-state index contributed by atoms with van der Waals surface area (Å²) in [6.07, 6.45) is 4.88. The van der Waals surface area contributed by atoms with Gasteiger partial charge >= 0.3 is 0 Å². The Balaban J connectivity index is 1.96. The molecule has 1 aromatic heterocycles. The van der Waals surface area contributed by atoms with E-state index in [1.807, 2.05) is 19.4 Å². The van der Waals surface area contributed by atoms with Gasteiger partial charge in [-0.2, -0.15) is 0 Å². The van der Waals surface area contributed by atoms with Gasteiger partial charge in [-0.3, -0.25) is 4.98 Å². The summed E-state index contributed by atoms with van der Waals surface area (Å²) < 4.78 is 0.